The lowest BCUT2D eigenvalue weighted by molar-refractivity contribution is -0.141. The molecule has 0 heterocycles. The number of aliphatic hydroxyl groups excluding tert-OH is 1. The molecule has 0 saturated carbocycles. The summed E-state index contributed by atoms with van der Waals surface area (Å²) in [5.74, 6) is -0.835. The fraction of sp³-hybridized carbons (Fsp3) is 0.714. The fourth-order valence-electron chi connectivity index (χ4n) is 1.48. The van der Waals surface area contributed by atoms with Crippen molar-refractivity contribution in [2.24, 2.45) is 5.92 Å². The van der Waals surface area contributed by atoms with Crippen LogP contribution in [0, 0.1) is 5.92 Å². The predicted molar refractivity (Wildman–Crippen MR) is 71.4 cm³/mol. The summed E-state index contributed by atoms with van der Waals surface area (Å²) in [6, 6.07) is 0. The Kier molecular flexibility index (Phi) is 10.9. The molecule has 0 saturated heterocycles. The second-order valence-corrected chi connectivity index (χ2v) is 4.27. The van der Waals surface area contributed by atoms with E-state index in [1.807, 2.05) is 0 Å². The van der Waals surface area contributed by atoms with Crippen LogP contribution in [-0.2, 0) is 19.1 Å². The lowest BCUT2D eigenvalue weighted by atomic mass is 10.0. The van der Waals surface area contributed by atoms with Crippen molar-refractivity contribution in [2.45, 2.75) is 39.5 Å². The molecular formula is C14H24O5. The summed E-state index contributed by atoms with van der Waals surface area (Å²) in [7, 11) is 0. The lowest BCUT2D eigenvalue weighted by Crippen LogP contribution is -2.13. The Bertz CT molecular complexity index is 286. The van der Waals surface area contributed by atoms with Gasteiger partial charge in [-0.1, -0.05) is 33.1 Å². The summed E-state index contributed by atoms with van der Waals surface area (Å²) in [5.41, 5.74) is 0. The zero-order valence-electron chi connectivity index (χ0n) is 11.8. The fourth-order valence-corrected chi connectivity index (χ4v) is 1.48. The summed E-state index contributed by atoms with van der Waals surface area (Å²) < 4.78 is 9.62. The Morgan fingerprint density at radius 2 is 1.79 bits per heavy atom. The number of unbranched alkanes of at least 4 members (excludes halogenated alkanes) is 1. The Hall–Kier alpha value is -1.36. The van der Waals surface area contributed by atoms with E-state index in [1.165, 1.54) is 0 Å². The normalized spacial score (nSPS) is 12.4. The van der Waals surface area contributed by atoms with Crippen molar-refractivity contribution >= 4 is 11.9 Å². The van der Waals surface area contributed by atoms with E-state index in [0.29, 0.717) is 12.5 Å². The van der Waals surface area contributed by atoms with E-state index in [4.69, 9.17) is 9.84 Å². The summed E-state index contributed by atoms with van der Waals surface area (Å²) in [6.07, 6.45) is 6.32. The van der Waals surface area contributed by atoms with Gasteiger partial charge in [0.1, 0.15) is 6.61 Å². The van der Waals surface area contributed by atoms with Crippen LogP contribution >= 0.6 is 0 Å². The molecule has 0 aromatic carbocycles. The molecule has 0 aliphatic rings. The van der Waals surface area contributed by atoms with Gasteiger partial charge in [0.2, 0.25) is 0 Å². The van der Waals surface area contributed by atoms with E-state index in [9.17, 15) is 9.59 Å². The average Bonchev–Trinajstić information content (AvgIpc) is 2.43. The first-order chi connectivity index (χ1) is 9.13. The molecule has 0 radical (unpaired) electrons. The third kappa shape index (κ3) is 10.3. The van der Waals surface area contributed by atoms with Gasteiger partial charge in [-0.05, 0) is 12.3 Å². The molecule has 0 aromatic heterocycles. The second-order valence-electron chi connectivity index (χ2n) is 4.27. The first-order valence-electron chi connectivity index (χ1n) is 6.76. The van der Waals surface area contributed by atoms with E-state index in [2.05, 4.69) is 18.6 Å². The maximum absolute atomic E-state index is 11.3. The van der Waals surface area contributed by atoms with Crippen LogP contribution in [-0.4, -0.2) is 36.9 Å². The van der Waals surface area contributed by atoms with Gasteiger partial charge in [-0.15, -0.1) is 0 Å². The number of hydrogen-bond donors (Lipinski definition) is 1. The predicted octanol–water partition coefficient (Wildman–Crippen LogP) is 1.84. The first-order valence-corrected chi connectivity index (χ1v) is 6.76. The number of carbonyl (C=O) groups excluding carboxylic acids is 2. The van der Waals surface area contributed by atoms with Crippen molar-refractivity contribution in [1.29, 1.82) is 0 Å². The highest BCUT2D eigenvalue weighted by molar-refractivity contribution is 5.91. The molecule has 1 atom stereocenters. The van der Waals surface area contributed by atoms with Crippen LogP contribution in [0.4, 0.5) is 0 Å². The number of aliphatic hydroxyl groups is 1. The minimum atomic E-state index is -0.663. The maximum Gasteiger partial charge on any atom is 0.331 e. The highest BCUT2D eigenvalue weighted by Gasteiger charge is 2.08. The second kappa shape index (κ2) is 11.7. The molecule has 0 fully saturated rings. The molecule has 0 aliphatic heterocycles. The molecule has 0 aliphatic carbocycles. The molecule has 0 aromatic rings. The molecule has 110 valence electrons. The largest absolute Gasteiger partial charge is 0.462 e. The van der Waals surface area contributed by atoms with Crippen LogP contribution in [0.2, 0.25) is 0 Å². The van der Waals surface area contributed by atoms with Crippen LogP contribution in [0.15, 0.2) is 12.2 Å². The lowest BCUT2D eigenvalue weighted by Gasteiger charge is -2.13. The standard InChI is InChI=1S/C14H24O5/c1-3-5-6-12(4-2)11-19-14(17)8-7-13(16)18-10-9-15/h7-8,12,15H,3-6,9-11H2,1-2H3/b8-7+. The van der Waals surface area contributed by atoms with Gasteiger partial charge in [0.15, 0.2) is 0 Å². The third-order valence-corrected chi connectivity index (χ3v) is 2.70. The quantitative estimate of drug-likeness (QED) is 0.485. The Balaban J connectivity index is 3.89. The van der Waals surface area contributed by atoms with Crippen LogP contribution in [0.3, 0.4) is 0 Å². The SMILES string of the molecule is CCCCC(CC)COC(=O)/C=C/C(=O)OCCO. The van der Waals surface area contributed by atoms with Crippen LogP contribution < -0.4 is 0 Å². The van der Waals surface area contributed by atoms with Gasteiger partial charge < -0.3 is 14.6 Å². The molecule has 0 rings (SSSR count). The smallest absolute Gasteiger partial charge is 0.331 e. The number of carbonyl (C=O) groups is 2. The molecule has 19 heavy (non-hydrogen) atoms. The van der Waals surface area contributed by atoms with E-state index in [1.54, 1.807) is 0 Å². The summed E-state index contributed by atoms with van der Waals surface area (Å²) in [6.45, 7) is 4.26. The molecule has 5 nitrogen and oxygen atoms in total. The van der Waals surface area contributed by atoms with Crippen molar-refractivity contribution in [2.75, 3.05) is 19.8 Å². The summed E-state index contributed by atoms with van der Waals surface area (Å²) >= 11 is 0. The Morgan fingerprint density at radius 1 is 1.16 bits per heavy atom. The van der Waals surface area contributed by atoms with E-state index < -0.39 is 11.9 Å². The first kappa shape index (κ1) is 17.6. The zero-order chi connectivity index (χ0) is 14.5. The highest BCUT2D eigenvalue weighted by Crippen LogP contribution is 2.12. The molecule has 1 unspecified atom stereocenters. The average molecular weight is 272 g/mol. The Labute approximate surface area is 114 Å². The monoisotopic (exact) mass is 272 g/mol. The van der Waals surface area contributed by atoms with Gasteiger partial charge in [-0.25, -0.2) is 9.59 Å². The topological polar surface area (TPSA) is 72.8 Å². The van der Waals surface area contributed by atoms with Crippen LogP contribution in [0.25, 0.3) is 0 Å². The Morgan fingerprint density at radius 3 is 2.32 bits per heavy atom. The third-order valence-electron chi connectivity index (χ3n) is 2.70. The highest BCUT2D eigenvalue weighted by atomic mass is 16.5. The maximum atomic E-state index is 11.3. The molecule has 5 heteroatoms. The van der Waals surface area contributed by atoms with Crippen LogP contribution in [0.1, 0.15) is 39.5 Å². The number of esters is 2. The van der Waals surface area contributed by atoms with Gasteiger partial charge in [-0.3, -0.25) is 0 Å². The van der Waals surface area contributed by atoms with Crippen molar-refractivity contribution < 1.29 is 24.2 Å². The van der Waals surface area contributed by atoms with Crippen molar-refractivity contribution in [1.82, 2.24) is 0 Å². The molecule has 0 bridgehead atoms. The number of rotatable bonds is 10. The molecule has 1 N–H and O–H groups in total. The van der Waals surface area contributed by atoms with Gasteiger partial charge in [-0.2, -0.15) is 0 Å². The number of hydrogen-bond acceptors (Lipinski definition) is 5. The molecule has 0 amide bonds. The summed E-state index contributed by atoms with van der Waals surface area (Å²) in [5, 5.41) is 8.44. The van der Waals surface area contributed by atoms with Gasteiger partial charge in [0.05, 0.1) is 13.2 Å². The van der Waals surface area contributed by atoms with Gasteiger partial charge in [0.25, 0.3) is 0 Å². The van der Waals surface area contributed by atoms with E-state index in [-0.39, 0.29) is 13.2 Å². The van der Waals surface area contributed by atoms with Gasteiger partial charge >= 0.3 is 11.9 Å². The summed E-state index contributed by atoms with van der Waals surface area (Å²) in [4.78, 5) is 22.4. The number of ether oxygens (including phenoxy) is 2. The minimum absolute atomic E-state index is 0.0762. The molecule has 0 spiro atoms. The van der Waals surface area contributed by atoms with Crippen molar-refractivity contribution in [3.63, 3.8) is 0 Å². The van der Waals surface area contributed by atoms with E-state index in [0.717, 1.165) is 37.8 Å². The zero-order valence-corrected chi connectivity index (χ0v) is 11.8. The van der Waals surface area contributed by atoms with E-state index >= 15 is 0 Å². The minimum Gasteiger partial charge on any atom is -0.462 e. The van der Waals surface area contributed by atoms with Crippen molar-refractivity contribution in [3.05, 3.63) is 12.2 Å². The van der Waals surface area contributed by atoms with Gasteiger partial charge in [0, 0.05) is 12.2 Å². The molecular weight excluding hydrogens is 248 g/mol. The van der Waals surface area contributed by atoms with Crippen molar-refractivity contribution in [3.8, 4) is 0 Å². The van der Waals surface area contributed by atoms with Crippen LogP contribution in [0.5, 0.6) is 0 Å².